The van der Waals surface area contributed by atoms with Crippen molar-refractivity contribution in [3.8, 4) is 0 Å². The zero-order valence-corrected chi connectivity index (χ0v) is 16.8. The summed E-state index contributed by atoms with van der Waals surface area (Å²) in [7, 11) is 0. The summed E-state index contributed by atoms with van der Waals surface area (Å²) < 4.78 is 8.88. The molecule has 0 saturated carbocycles. The highest BCUT2D eigenvalue weighted by Crippen LogP contribution is 2.23. The van der Waals surface area contributed by atoms with Crippen LogP contribution in [-0.2, 0) is 29.1 Å². The molecule has 150 valence electrons. The molecule has 0 amide bonds. The number of nitrogens with zero attached hydrogens (tertiary/aromatic N) is 7. The first-order valence-electron chi connectivity index (χ1n) is 9.72. The predicted molar refractivity (Wildman–Crippen MR) is 106 cm³/mol. The van der Waals surface area contributed by atoms with Crippen LogP contribution >= 0.6 is 0 Å². The Bertz CT molecular complexity index is 1180. The zero-order chi connectivity index (χ0) is 20.4. The first-order valence-corrected chi connectivity index (χ1v) is 9.72. The summed E-state index contributed by atoms with van der Waals surface area (Å²) in [4.78, 5) is 17.0. The van der Waals surface area contributed by atoms with Crippen molar-refractivity contribution in [1.82, 2.24) is 34.8 Å². The van der Waals surface area contributed by atoms with Crippen molar-refractivity contribution in [2.75, 3.05) is 0 Å². The Morgan fingerprint density at radius 3 is 2.86 bits per heavy atom. The maximum absolute atomic E-state index is 12.3. The Kier molecular flexibility index (Phi) is 5.20. The molecule has 9 heteroatoms. The van der Waals surface area contributed by atoms with E-state index in [4.69, 9.17) is 9.72 Å². The minimum absolute atomic E-state index is 0.0750. The number of aryl methyl sites for hydroxylation is 3. The highest BCUT2D eigenvalue weighted by Gasteiger charge is 2.16. The summed E-state index contributed by atoms with van der Waals surface area (Å²) in [5.41, 5.74) is 4.65. The number of ether oxygens (including phenoxy) is 1. The summed E-state index contributed by atoms with van der Waals surface area (Å²) in [6.07, 6.45) is 1.70. The van der Waals surface area contributed by atoms with Crippen LogP contribution in [-0.4, -0.2) is 40.8 Å². The van der Waals surface area contributed by atoms with Crippen LogP contribution in [0.25, 0.3) is 16.6 Å². The topological polar surface area (TPSA) is 100 Å². The predicted octanol–water partition coefficient (Wildman–Crippen LogP) is 2.57. The number of carbonyl (C=O) groups excluding carboxylic acids is 1. The van der Waals surface area contributed by atoms with Gasteiger partial charge in [0, 0.05) is 29.7 Å². The molecule has 9 nitrogen and oxygen atoms in total. The SMILES string of the molecule is CCCn1nnnc1COC(=O)CCc1c(C)nc2c3ccccc3nn2c1C. The van der Waals surface area contributed by atoms with E-state index in [0.717, 1.165) is 39.9 Å². The second-order valence-electron chi connectivity index (χ2n) is 6.99. The molecule has 4 aromatic rings. The van der Waals surface area contributed by atoms with E-state index in [-0.39, 0.29) is 19.0 Å². The van der Waals surface area contributed by atoms with E-state index in [1.54, 1.807) is 4.68 Å². The Morgan fingerprint density at radius 2 is 2.03 bits per heavy atom. The maximum Gasteiger partial charge on any atom is 0.306 e. The maximum atomic E-state index is 12.3. The van der Waals surface area contributed by atoms with Crippen LogP contribution in [0.15, 0.2) is 24.3 Å². The lowest BCUT2D eigenvalue weighted by Gasteiger charge is -2.11. The second-order valence-corrected chi connectivity index (χ2v) is 6.99. The number of aromatic nitrogens is 7. The summed E-state index contributed by atoms with van der Waals surface area (Å²) in [6, 6.07) is 7.94. The number of benzene rings is 1. The highest BCUT2D eigenvalue weighted by atomic mass is 16.5. The number of fused-ring (bicyclic) bond motifs is 3. The van der Waals surface area contributed by atoms with Crippen LogP contribution in [0, 0.1) is 13.8 Å². The minimum atomic E-state index is -0.291. The van der Waals surface area contributed by atoms with Gasteiger partial charge >= 0.3 is 5.97 Å². The molecule has 4 rings (SSSR count). The van der Waals surface area contributed by atoms with E-state index < -0.39 is 0 Å². The molecule has 0 aliphatic rings. The molecule has 0 N–H and O–H groups in total. The van der Waals surface area contributed by atoms with E-state index in [1.165, 1.54) is 0 Å². The van der Waals surface area contributed by atoms with Crippen LogP contribution in [0.4, 0.5) is 0 Å². The van der Waals surface area contributed by atoms with Gasteiger partial charge in [-0.25, -0.2) is 14.2 Å². The fourth-order valence-electron chi connectivity index (χ4n) is 3.49. The number of tetrazole rings is 1. The van der Waals surface area contributed by atoms with Gasteiger partial charge in [0.05, 0.1) is 5.52 Å². The third-order valence-electron chi connectivity index (χ3n) is 5.00. The molecular weight excluding hydrogens is 370 g/mol. The Labute approximate surface area is 167 Å². The smallest absolute Gasteiger partial charge is 0.306 e. The van der Waals surface area contributed by atoms with Crippen molar-refractivity contribution < 1.29 is 9.53 Å². The quantitative estimate of drug-likeness (QED) is 0.445. The molecular formula is C20H23N7O2. The normalized spacial score (nSPS) is 11.4. The zero-order valence-electron chi connectivity index (χ0n) is 16.8. The van der Waals surface area contributed by atoms with Gasteiger partial charge in [0.15, 0.2) is 18.1 Å². The van der Waals surface area contributed by atoms with Gasteiger partial charge in [-0.3, -0.25) is 4.79 Å². The molecule has 0 spiro atoms. The van der Waals surface area contributed by atoms with Gasteiger partial charge in [0.25, 0.3) is 0 Å². The van der Waals surface area contributed by atoms with Crippen LogP contribution in [0.2, 0.25) is 0 Å². The number of carbonyl (C=O) groups is 1. The van der Waals surface area contributed by atoms with Gasteiger partial charge in [0.2, 0.25) is 0 Å². The molecule has 1 aromatic carbocycles. The van der Waals surface area contributed by atoms with Gasteiger partial charge in [0.1, 0.15) is 0 Å². The fraction of sp³-hybridized carbons (Fsp3) is 0.400. The Hall–Kier alpha value is -3.36. The molecule has 0 bridgehead atoms. The third kappa shape index (κ3) is 3.67. The fourth-order valence-corrected chi connectivity index (χ4v) is 3.49. The molecule has 0 saturated heterocycles. The van der Waals surface area contributed by atoms with Crippen LogP contribution in [0.3, 0.4) is 0 Å². The van der Waals surface area contributed by atoms with Gasteiger partial charge in [-0.2, -0.15) is 5.10 Å². The van der Waals surface area contributed by atoms with Gasteiger partial charge < -0.3 is 4.74 Å². The van der Waals surface area contributed by atoms with Gasteiger partial charge in [-0.05, 0) is 54.8 Å². The molecule has 0 atom stereocenters. The average molecular weight is 393 g/mol. The monoisotopic (exact) mass is 393 g/mol. The number of hydrogen-bond acceptors (Lipinski definition) is 7. The van der Waals surface area contributed by atoms with Crippen molar-refractivity contribution in [3.05, 3.63) is 47.0 Å². The van der Waals surface area contributed by atoms with E-state index in [9.17, 15) is 4.79 Å². The van der Waals surface area contributed by atoms with Crippen molar-refractivity contribution >= 4 is 22.5 Å². The molecule has 0 fully saturated rings. The molecule has 29 heavy (non-hydrogen) atoms. The standard InChI is InChI=1S/C20H23N7O2/c1-4-11-26-18(22-24-25-26)12-29-19(28)10-9-15-13(2)21-20-16-7-5-6-8-17(16)23-27(20)14(15)3/h5-8H,4,9-12H2,1-3H3. The van der Waals surface area contributed by atoms with Crippen LogP contribution in [0.5, 0.6) is 0 Å². The van der Waals surface area contributed by atoms with E-state index >= 15 is 0 Å². The summed E-state index contributed by atoms with van der Waals surface area (Å²) in [6.45, 7) is 6.78. The molecule has 3 heterocycles. The average Bonchev–Trinajstić information content (AvgIpc) is 3.31. The molecule has 0 unspecified atom stereocenters. The summed E-state index contributed by atoms with van der Waals surface area (Å²) in [5.74, 6) is 0.263. The van der Waals surface area contributed by atoms with E-state index in [0.29, 0.717) is 18.8 Å². The van der Waals surface area contributed by atoms with E-state index in [2.05, 4.69) is 20.6 Å². The van der Waals surface area contributed by atoms with Crippen molar-refractivity contribution in [3.63, 3.8) is 0 Å². The minimum Gasteiger partial charge on any atom is -0.457 e. The molecule has 3 aromatic heterocycles. The number of hydrogen-bond donors (Lipinski definition) is 0. The third-order valence-corrected chi connectivity index (χ3v) is 5.00. The largest absolute Gasteiger partial charge is 0.457 e. The van der Waals surface area contributed by atoms with Gasteiger partial charge in [-0.15, -0.1) is 5.10 Å². The Morgan fingerprint density at radius 1 is 1.21 bits per heavy atom. The summed E-state index contributed by atoms with van der Waals surface area (Å²) >= 11 is 0. The highest BCUT2D eigenvalue weighted by molar-refractivity contribution is 5.92. The lowest BCUT2D eigenvalue weighted by atomic mass is 10.1. The first-order chi connectivity index (χ1) is 14.1. The van der Waals surface area contributed by atoms with Crippen molar-refractivity contribution in [2.24, 2.45) is 0 Å². The molecule has 0 aliphatic heterocycles. The van der Waals surface area contributed by atoms with E-state index in [1.807, 2.05) is 49.6 Å². The van der Waals surface area contributed by atoms with Crippen LogP contribution < -0.4 is 0 Å². The second kappa shape index (κ2) is 7.94. The lowest BCUT2D eigenvalue weighted by molar-refractivity contribution is -0.145. The first kappa shape index (κ1) is 19.0. The number of esters is 1. The lowest BCUT2D eigenvalue weighted by Crippen LogP contribution is -2.12. The Balaban J connectivity index is 1.47. The van der Waals surface area contributed by atoms with Crippen molar-refractivity contribution in [2.45, 2.75) is 53.2 Å². The van der Waals surface area contributed by atoms with Gasteiger partial charge in [-0.1, -0.05) is 19.1 Å². The molecule has 0 aliphatic carbocycles. The van der Waals surface area contributed by atoms with Crippen LogP contribution in [0.1, 0.15) is 42.5 Å². The van der Waals surface area contributed by atoms with Crippen molar-refractivity contribution in [1.29, 1.82) is 0 Å². The summed E-state index contributed by atoms with van der Waals surface area (Å²) in [5, 5.41) is 17.1. The molecule has 0 radical (unpaired) electrons. The number of rotatable bonds is 7.